The van der Waals surface area contributed by atoms with Crippen molar-refractivity contribution in [1.82, 2.24) is 0 Å². The average Bonchev–Trinajstić information content (AvgIpc) is 2.44. The van der Waals surface area contributed by atoms with Gasteiger partial charge in [0, 0.05) is 12.0 Å². The molecule has 0 aromatic rings. The van der Waals surface area contributed by atoms with Gasteiger partial charge in [-0.1, -0.05) is 0 Å². The Morgan fingerprint density at radius 2 is 1.87 bits per heavy atom. The molecular formula is C10H16F3NO. The fourth-order valence-electron chi connectivity index (χ4n) is 2.82. The van der Waals surface area contributed by atoms with Gasteiger partial charge in [-0.25, -0.2) is 0 Å². The fraction of sp³-hybridized carbons (Fsp3) is 1.00. The van der Waals surface area contributed by atoms with Crippen LogP contribution >= 0.6 is 0 Å². The summed E-state index contributed by atoms with van der Waals surface area (Å²) in [4.78, 5) is 0. The summed E-state index contributed by atoms with van der Waals surface area (Å²) in [5, 5.41) is 0. The Morgan fingerprint density at radius 3 is 2.47 bits per heavy atom. The van der Waals surface area contributed by atoms with E-state index >= 15 is 0 Å². The second-order valence-electron chi connectivity index (χ2n) is 4.76. The van der Waals surface area contributed by atoms with Gasteiger partial charge in [0.05, 0.1) is 18.1 Å². The summed E-state index contributed by atoms with van der Waals surface area (Å²) in [7, 11) is 0. The molecule has 2 rings (SSSR count). The van der Waals surface area contributed by atoms with E-state index in [1.807, 2.05) is 6.92 Å². The molecule has 0 spiro atoms. The number of alkyl halides is 3. The lowest BCUT2D eigenvalue weighted by atomic mass is 9.76. The van der Waals surface area contributed by atoms with Crippen LogP contribution in [0.3, 0.4) is 0 Å². The molecule has 5 heteroatoms. The van der Waals surface area contributed by atoms with Crippen LogP contribution in [0.4, 0.5) is 13.2 Å². The van der Waals surface area contributed by atoms with Gasteiger partial charge < -0.3 is 10.5 Å². The van der Waals surface area contributed by atoms with Crippen LogP contribution in [0, 0.1) is 11.8 Å². The lowest BCUT2D eigenvalue weighted by Crippen LogP contribution is -2.46. The van der Waals surface area contributed by atoms with Gasteiger partial charge in [-0.05, 0) is 26.2 Å². The molecule has 1 saturated heterocycles. The van der Waals surface area contributed by atoms with Crippen LogP contribution in [-0.2, 0) is 4.74 Å². The van der Waals surface area contributed by atoms with Crippen molar-refractivity contribution in [2.24, 2.45) is 17.6 Å². The van der Waals surface area contributed by atoms with E-state index in [2.05, 4.69) is 0 Å². The Bertz CT molecular complexity index is 243. The standard InChI is InChI=1S/C10H16F3NO/c1-5-2-7-8(14)3-6(10(11,12)13)4-9(7)15-5/h5-9H,2-4,14H2,1H3/t5-,6-,7-,8-,9+/m0/s1. The van der Waals surface area contributed by atoms with Gasteiger partial charge in [-0.15, -0.1) is 0 Å². The molecule has 1 aliphatic carbocycles. The van der Waals surface area contributed by atoms with Crippen LogP contribution in [0.1, 0.15) is 26.2 Å². The minimum Gasteiger partial charge on any atom is -0.375 e. The van der Waals surface area contributed by atoms with Gasteiger partial charge in [-0.3, -0.25) is 0 Å². The van der Waals surface area contributed by atoms with Crippen molar-refractivity contribution in [2.75, 3.05) is 0 Å². The van der Waals surface area contributed by atoms with Crippen LogP contribution in [0.25, 0.3) is 0 Å². The van der Waals surface area contributed by atoms with E-state index in [4.69, 9.17) is 10.5 Å². The molecule has 0 aromatic carbocycles. The minimum atomic E-state index is -4.13. The summed E-state index contributed by atoms with van der Waals surface area (Å²) in [5.41, 5.74) is 5.79. The summed E-state index contributed by atoms with van der Waals surface area (Å²) in [5.74, 6) is -1.15. The molecule has 0 amide bonds. The Labute approximate surface area is 87.0 Å². The first-order chi connectivity index (χ1) is 6.88. The van der Waals surface area contributed by atoms with Crippen LogP contribution in [0.5, 0.6) is 0 Å². The Balaban J connectivity index is 2.07. The van der Waals surface area contributed by atoms with Crippen LogP contribution in [0.15, 0.2) is 0 Å². The quantitative estimate of drug-likeness (QED) is 0.682. The smallest absolute Gasteiger partial charge is 0.375 e. The predicted octanol–water partition coefficient (Wildman–Crippen LogP) is 2.08. The highest BCUT2D eigenvalue weighted by Crippen LogP contribution is 2.44. The van der Waals surface area contributed by atoms with E-state index in [9.17, 15) is 13.2 Å². The fourth-order valence-corrected chi connectivity index (χ4v) is 2.82. The first-order valence-corrected chi connectivity index (χ1v) is 5.35. The molecule has 2 nitrogen and oxygen atoms in total. The van der Waals surface area contributed by atoms with E-state index < -0.39 is 12.1 Å². The first kappa shape index (κ1) is 11.2. The summed E-state index contributed by atoms with van der Waals surface area (Å²) in [6.45, 7) is 1.90. The van der Waals surface area contributed by atoms with E-state index in [-0.39, 0.29) is 37.0 Å². The predicted molar refractivity (Wildman–Crippen MR) is 49.2 cm³/mol. The van der Waals surface area contributed by atoms with Crippen molar-refractivity contribution in [2.45, 2.75) is 50.6 Å². The highest BCUT2D eigenvalue weighted by atomic mass is 19.4. The maximum absolute atomic E-state index is 12.6. The van der Waals surface area contributed by atoms with E-state index in [1.54, 1.807) is 0 Å². The number of halogens is 3. The molecule has 1 saturated carbocycles. The zero-order chi connectivity index (χ0) is 11.2. The van der Waals surface area contributed by atoms with E-state index in [1.165, 1.54) is 0 Å². The van der Waals surface area contributed by atoms with Crippen molar-refractivity contribution in [1.29, 1.82) is 0 Å². The van der Waals surface area contributed by atoms with Crippen molar-refractivity contribution in [3.63, 3.8) is 0 Å². The molecule has 0 unspecified atom stereocenters. The van der Waals surface area contributed by atoms with Crippen molar-refractivity contribution < 1.29 is 17.9 Å². The van der Waals surface area contributed by atoms with Gasteiger partial charge >= 0.3 is 6.18 Å². The van der Waals surface area contributed by atoms with Gasteiger partial charge in [0.2, 0.25) is 0 Å². The van der Waals surface area contributed by atoms with E-state index in [0.717, 1.165) is 6.42 Å². The number of nitrogens with two attached hydrogens (primary N) is 1. The van der Waals surface area contributed by atoms with Crippen LogP contribution in [-0.4, -0.2) is 24.4 Å². The molecule has 88 valence electrons. The third-order valence-electron chi connectivity index (χ3n) is 3.58. The van der Waals surface area contributed by atoms with Gasteiger partial charge in [-0.2, -0.15) is 13.2 Å². The summed E-state index contributed by atoms with van der Waals surface area (Å²) < 4.78 is 43.2. The second kappa shape index (κ2) is 3.63. The molecule has 2 aliphatic rings. The molecule has 2 N–H and O–H groups in total. The maximum atomic E-state index is 12.6. The van der Waals surface area contributed by atoms with Gasteiger partial charge in [0.1, 0.15) is 0 Å². The summed E-state index contributed by atoms with van der Waals surface area (Å²) in [6.07, 6.45) is -3.41. The Hall–Kier alpha value is -0.290. The molecule has 0 bridgehead atoms. The third-order valence-corrected chi connectivity index (χ3v) is 3.58. The molecule has 1 aliphatic heterocycles. The normalized spacial score (nSPS) is 46.6. The van der Waals surface area contributed by atoms with Gasteiger partial charge in [0.25, 0.3) is 0 Å². The number of fused-ring (bicyclic) bond motifs is 1. The van der Waals surface area contributed by atoms with Crippen molar-refractivity contribution in [3.8, 4) is 0 Å². The largest absolute Gasteiger partial charge is 0.391 e. The SMILES string of the molecule is C[C@H]1C[C@H]2[C@@H](N)C[C@H](C(F)(F)F)C[C@H]2O1. The molecule has 2 fully saturated rings. The molecule has 0 aromatic heterocycles. The summed E-state index contributed by atoms with van der Waals surface area (Å²) in [6, 6.07) is -0.361. The van der Waals surface area contributed by atoms with E-state index in [0.29, 0.717) is 0 Å². The second-order valence-corrected chi connectivity index (χ2v) is 4.76. The van der Waals surface area contributed by atoms with Crippen LogP contribution in [0.2, 0.25) is 0 Å². The lowest BCUT2D eigenvalue weighted by molar-refractivity contribution is -0.194. The zero-order valence-electron chi connectivity index (χ0n) is 8.63. The molecule has 1 heterocycles. The Kier molecular flexibility index (Phi) is 2.71. The molecule has 0 radical (unpaired) electrons. The maximum Gasteiger partial charge on any atom is 0.391 e. The Morgan fingerprint density at radius 1 is 1.20 bits per heavy atom. The lowest BCUT2D eigenvalue weighted by Gasteiger charge is -2.36. The first-order valence-electron chi connectivity index (χ1n) is 5.35. The van der Waals surface area contributed by atoms with Crippen LogP contribution < -0.4 is 5.73 Å². The van der Waals surface area contributed by atoms with Gasteiger partial charge in [0.15, 0.2) is 0 Å². The number of ether oxygens (including phenoxy) is 1. The molecular weight excluding hydrogens is 207 g/mol. The highest BCUT2D eigenvalue weighted by Gasteiger charge is 2.50. The zero-order valence-corrected chi connectivity index (χ0v) is 8.63. The number of hydrogen-bond donors (Lipinski definition) is 1. The summed E-state index contributed by atoms with van der Waals surface area (Å²) >= 11 is 0. The molecule has 5 atom stereocenters. The average molecular weight is 223 g/mol. The van der Waals surface area contributed by atoms with Crippen molar-refractivity contribution >= 4 is 0 Å². The third kappa shape index (κ3) is 2.13. The number of rotatable bonds is 0. The highest BCUT2D eigenvalue weighted by molar-refractivity contribution is 4.95. The monoisotopic (exact) mass is 223 g/mol. The topological polar surface area (TPSA) is 35.2 Å². The van der Waals surface area contributed by atoms with Crippen molar-refractivity contribution in [3.05, 3.63) is 0 Å². The minimum absolute atomic E-state index is 0.0537. The molecule has 15 heavy (non-hydrogen) atoms. The number of hydrogen-bond acceptors (Lipinski definition) is 2.